The summed E-state index contributed by atoms with van der Waals surface area (Å²) in [7, 11) is 3.81. The normalized spacial score (nSPS) is 10.2. The second-order valence-corrected chi connectivity index (χ2v) is 3.91. The average Bonchev–Trinajstić information content (AvgIpc) is 2.75. The first-order valence-electron chi connectivity index (χ1n) is 5.62. The minimum Gasteiger partial charge on any atom is -0.387 e. The Kier molecular flexibility index (Phi) is 3.59. The molecule has 90 valence electrons. The van der Waals surface area contributed by atoms with Gasteiger partial charge < -0.3 is 10.6 Å². The van der Waals surface area contributed by atoms with Crippen molar-refractivity contribution in [1.82, 2.24) is 14.8 Å². The van der Waals surface area contributed by atoms with Gasteiger partial charge in [-0.25, -0.2) is 0 Å². The van der Waals surface area contributed by atoms with Gasteiger partial charge in [-0.05, 0) is 18.1 Å². The molecule has 5 nitrogen and oxygen atoms in total. The first-order valence-corrected chi connectivity index (χ1v) is 5.62. The molecule has 0 radical (unpaired) electrons. The summed E-state index contributed by atoms with van der Waals surface area (Å²) in [4.78, 5) is 4.14. The quantitative estimate of drug-likeness (QED) is 0.819. The number of rotatable bonds is 5. The second kappa shape index (κ2) is 5.34. The molecule has 0 amide bonds. The first kappa shape index (κ1) is 11.4. The van der Waals surface area contributed by atoms with Crippen molar-refractivity contribution in [2.24, 2.45) is 7.05 Å². The van der Waals surface area contributed by atoms with Crippen LogP contribution in [0.3, 0.4) is 0 Å². The predicted octanol–water partition coefficient (Wildman–Crippen LogP) is 1.51. The van der Waals surface area contributed by atoms with Gasteiger partial charge in [-0.1, -0.05) is 0 Å². The molecule has 0 spiro atoms. The lowest BCUT2D eigenvalue weighted by Gasteiger charge is -2.06. The standard InChI is InChI=1S/C12H17N5/c1-13-11-5-12(8-14-7-11)15-4-3-10-6-16-17(2)9-10/h5-9,13,15H,3-4H2,1-2H3. The molecule has 0 atom stereocenters. The number of nitrogens with zero attached hydrogens (tertiary/aromatic N) is 3. The molecule has 2 rings (SSSR count). The smallest absolute Gasteiger partial charge is 0.0547 e. The molecule has 0 aliphatic rings. The van der Waals surface area contributed by atoms with Gasteiger partial charge in [-0.15, -0.1) is 0 Å². The van der Waals surface area contributed by atoms with Crippen LogP contribution in [0.4, 0.5) is 11.4 Å². The van der Waals surface area contributed by atoms with Crippen molar-refractivity contribution in [2.45, 2.75) is 6.42 Å². The van der Waals surface area contributed by atoms with Crippen molar-refractivity contribution in [1.29, 1.82) is 0 Å². The van der Waals surface area contributed by atoms with E-state index in [9.17, 15) is 0 Å². The lowest BCUT2D eigenvalue weighted by atomic mass is 10.2. The molecule has 0 bridgehead atoms. The van der Waals surface area contributed by atoms with Crippen LogP contribution < -0.4 is 10.6 Å². The molecule has 17 heavy (non-hydrogen) atoms. The van der Waals surface area contributed by atoms with E-state index in [2.05, 4.69) is 20.7 Å². The Bertz CT molecular complexity index is 477. The number of hydrogen-bond acceptors (Lipinski definition) is 4. The maximum atomic E-state index is 4.14. The van der Waals surface area contributed by atoms with Gasteiger partial charge in [0.2, 0.25) is 0 Å². The third kappa shape index (κ3) is 3.21. The Labute approximate surface area is 101 Å². The second-order valence-electron chi connectivity index (χ2n) is 3.91. The van der Waals surface area contributed by atoms with Crippen molar-refractivity contribution < 1.29 is 0 Å². The topological polar surface area (TPSA) is 54.8 Å². The van der Waals surface area contributed by atoms with E-state index in [0.29, 0.717) is 0 Å². The zero-order valence-corrected chi connectivity index (χ0v) is 10.1. The average molecular weight is 231 g/mol. The minimum atomic E-state index is 0.876. The molecule has 2 aromatic heterocycles. The van der Waals surface area contributed by atoms with Gasteiger partial charge in [-0.3, -0.25) is 9.67 Å². The molecular formula is C12H17N5. The zero-order valence-electron chi connectivity index (χ0n) is 10.1. The molecule has 5 heteroatoms. The van der Waals surface area contributed by atoms with Crippen LogP contribution in [-0.2, 0) is 13.5 Å². The monoisotopic (exact) mass is 231 g/mol. The number of anilines is 2. The van der Waals surface area contributed by atoms with Crippen LogP contribution in [0, 0.1) is 0 Å². The van der Waals surface area contributed by atoms with Gasteiger partial charge in [0.25, 0.3) is 0 Å². The van der Waals surface area contributed by atoms with Crippen molar-refractivity contribution in [3.63, 3.8) is 0 Å². The van der Waals surface area contributed by atoms with E-state index in [1.807, 2.05) is 43.4 Å². The zero-order chi connectivity index (χ0) is 12.1. The molecule has 0 aliphatic heterocycles. The SMILES string of the molecule is CNc1cncc(NCCc2cnn(C)c2)c1. The number of pyridine rings is 1. The molecule has 0 aromatic carbocycles. The maximum absolute atomic E-state index is 4.14. The van der Waals surface area contributed by atoms with Crippen LogP contribution in [0.25, 0.3) is 0 Å². The Morgan fingerprint density at radius 1 is 1.24 bits per heavy atom. The van der Waals surface area contributed by atoms with E-state index < -0.39 is 0 Å². The van der Waals surface area contributed by atoms with E-state index in [1.54, 1.807) is 6.20 Å². The minimum absolute atomic E-state index is 0.876. The summed E-state index contributed by atoms with van der Waals surface area (Å²) >= 11 is 0. The van der Waals surface area contributed by atoms with Gasteiger partial charge in [0, 0.05) is 26.8 Å². The summed E-state index contributed by atoms with van der Waals surface area (Å²) in [6.45, 7) is 0.876. The van der Waals surface area contributed by atoms with E-state index >= 15 is 0 Å². The van der Waals surface area contributed by atoms with Crippen molar-refractivity contribution in [2.75, 3.05) is 24.2 Å². The molecule has 2 aromatic rings. The van der Waals surface area contributed by atoms with Crippen molar-refractivity contribution in [3.05, 3.63) is 36.4 Å². The maximum Gasteiger partial charge on any atom is 0.0547 e. The number of nitrogens with one attached hydrogen (secondary N) is 2. The molecule has 0 unspecified atom stereocenters. The summed E-state index contributed by atoms with van der Waals surface area (Å²) in [5.74, 6) is 0. The van der Waals surface area contributed by atoms with Crippen LogP contribution in [0.2, 0.25) is 0 Å². The highest BCUT2D eigenvalue weighted by molar-refractivity contribution is 5.53. The number of aryl methyl sites for hydroxylation is 1. The van der Waals surface area contributed by atoms with Gasteiger partial charge in [0.05, 0.1) is 30.0 Å². The summed E-state index contributed by atoms with van der Waals surface area (Å²) in [5.41, 5.74) is 3.27. The van der Waals surface area contributed by atoms with E-state index in [0.717, 1.165) is 24.3 Å². The largest absolute Gasteiger partial charge is 0.387 e. The van der Waals surface area contributed by atoms with Crippen LogP contribution in [-0.4, -0.2) is 28.4 Å². The highest BCUT2D eigenvalue weighted by atomic mass is 15.2. The van der Waals surface area contributed by atoms with Crippen LogP contribution in [0.15, 0.2) is 30.9 Å². The fourth-order valence-corrected chi connectivity index (χ4v) is 1.63. The Balaban J connectivity index is 1.85. The third-order valence-corrected chi connectivity index (χ3v) is 2.53. The lowest BCUT2D eigenvalue weighted by Crippen LogP contribution is -2.05. The Morgan fingerprint density at radius 2 is 2.06 bits per heavy atom. The fraction of sp³-hybridized carbons (Fsp3) is 0.333. The molecule has 0 aliphatic carbocycles. The summed E-state index contributed by atoms with van der Waals surface area (Å²) in [6.07, 6.45) is 8.50. The summed E-state index contributed by atoms with van der Waals surface area (Å²) in [5, 5.41) is 10.5. The first-order chi connectivity index (χ1) is 8.28. The molecule has 2 heterocycles. The molecule has 2 N–H and O–H groups in total. The van der Waals surface area contributed by atoms with Gasteiger partial charge >= 0.3 is 0 Å². The van der Waals surface area contributed by atoms with E-state index in [-0.39, 0.29) is 0 Å². The lowest BCUT2D eigenvalue weighted by molar-refractivity contribution is 0.767. The van der Waals surface area contributed by atoms with Gasteiger partial charge in [0.15, 0.2) is 0 Å². The van der Waals surface area contributed by atoms with Crippen LogP contribution in [0.5, 0.6) is 0 Å². The fourth-order valence-electron chi connectivity index (χ4n) is 1.63. The van der Waals surface area contributed by atoms with E-state index in [1.165, 1.54) is 5.56 Å². The van der Waals surface area contributed by atoms with Crippen molar-refractivity contribution in [3.8, 4) is 0 Å². The summed E-state index contributed by atoms with van der Waals surface area (Å²) < 4.78 is 1.82. The highest BCUT2D eigenvalue weighted by Gasteiger charge is 1.97. The predicted molar refractivity (Wildman–Crippen MR) is 69.2 cm³/mol. The Morgan fingerprint density at radius 3 is 2.76 bits per heavy atom. The van der Waals surface area contributed by atoms with Crippen LogP contribution in [0.1, 0.15) is 5.56 Å². The molecule has 0 saturated carbocycles. The van der Waals surface area contributed by atoms with Gasteiger partial charge in [-0.2, -0.15) is 5.10 Å². The number of aromatic nitrogens is 3. The van der Waals surface area contributed by atoms with Crippen LogP contribution >= 0.6 is 0 Å². The molecule has 0 fully saturated rings. The van der Waals surface area contributed by atoms with Gasteiger partial charge in [0.1, 0.15) is 0 Å². The third-order valence-electron chi connectivity index (χ3n) is 2.53. The Hall–Kier alpha value is -2.04. The molecular weight excluding hydrogens is 214 g/mol. The highest BCUT2D eigenvalue weighted by Crippen LogP contribution is 2.12. The molecule has 0 saturated heterocycles. The van der Waals surface area contributed by atoms with E-state index in [4.69, 9.17) is 0 Å². The van der Waals surface area contributed by atoms with Crippen molar-refractivity contribution >= 4 is 11.4 Å². The summed E-state index contributed by atoms with van der Waals surface area (Å²) in [6, 6.07) is 2.04. The number of hydrogen-bond donors (Lipinski definition) is 2.